The lowest BCUT2D eigenvalue weighted by Crippen LogP contribution is -2.66. The molecule has 21 heavy (non-hydrogen) atoms. The van der Waals surface area contributed by atoms with E-state index in [1.54, 1.807) is 0 Å². The van der Waals surface area contributed by atoms with Crippen LogP contribution in [0, 0.1) is 5.92 Å². The minimum absolute atomic E-state index is 0.185. The number of piperidine rings is 1. The number of carbonyl (C=O) groups is 1. The number of carbonyl (C=O) groups excluding carboxylic acids is 1. The van der Waals surface area contributed by atoms with Gasteiger partial charge in [0.2, 0.25) is 0 Å². The van der Waals surface area contributed by atoms with Gasteiger partial charge in [-0.1, -0.05) is 35.4 Å². The molecule has 0 aromatic heterocycles. The first-order valence-corrected chi connectivity index (χ1v) is 7.04. The highest BCUT2D eigenvalue weighted by molar-refractivity contribution is 5.60. The maximum Gasteiger partial charge on any atom is 0.185 e. The fraction of sp³-hybridized carbons (Fsp3) is 0.500. The molecule has 0 spiro atoms. The highest BCUT2D eigenvalue weighted by Crippen LogP contribution is 2.24. The zero-order valence-electron chi connectivity index (χ0n) is 11.8. The molecule has 1 saturated heterocycles. The van der Waals surface area contributed by atoms with Gasteiger partial charge in [-0.15, -0.1) is 0 Å². The molecule has 0 aliphatic carbocycles. The maximum absolute atomic E-state index is 11.1. The Bertz CT molecular complexity index is 529. The number of carboxylic acid groups (broad SMARTS) is 1. The molecular weight excluding hydrogens is 270 g/mol. The lowest BCUT2D eigenvalue weighted by Gasteiger charge is -2.43. The van der Waals surface area contributed by atoms with Crippen LogP contribution in [0.4, 0.5) is 4.79 Å². The fourth-order valence-corrected chi connectivity index (χ4v) is 3.07. The standard InChI is InChI=1S/C14H19N5O2/c15-18-16-9-13-7-4-8-19(11-13,17-14(20)21)10-12-5-2-1-3-6-12/h1-3,5-6,13,17H,4,7-11H2. The van der Waals surface area contributed by atoms with Gasteiger partial charge >= 0.3 is 0 Å². The predicted octanol–water partition coefficient (Wildman–Crippen LogP) is 1.57. The quantitative estimate of drug-likeness (QED) is 0.385. The van der Waals surface area contributed by atoms with Crippen LogP contribution in [0.2, 0.25) is 0 Å². The van der Waals surface area contributed by atoms with E-state index in [9.17, 15) is 9.90 Å². The highest BCUT2D eigenvalue weighted by Gasteiger charge is 2.35. The van der Waals surface area contributed by atoms with Crippen molar-refractivity contribution >= 4 is 6.09 Å². The molecule has 1 amide bonds. The number of hydrogen-bond acceptors (Lipinski definition) is 3. The molecule has 0 saturated carbocycles. The highest BCUT2D eigenvalue weighted by atomic mass is 16.4. The zero-order chi connectivity index (χ0) is 15.1. The average molecular weight is 289 g/mol. The van der Waals surface area contributed by atoms with Crippen LogP contribution in [0.1, 0.15) is 18.4 Å². The first-order chi connectivity index (χ1) is 10.1. The molecule has 1 aromatic carbocycles. The number of quaternary nitrogens is 1. The summed E-state index contributed by atoms with van der Waals surface area (Å²) in [4.78, 5) is 13.9. The van der Waals surface area contributed by atoms with E-state index >= 15 is 0 Å². The molecule has 1 N–H and O–H groups in total. The molecule has 2 rings (SSSR count). The van der Waals surface area contributed by atoms with Gasteiger partial charge in [0.05, 0.1) is 0 Å². The van der Waals surface area contributed by atoms with Gasteiger partial charge in [-0.2, -0.15) is 0 Å². The van der Waals surface area contributed by atoms with Gasteiger partial charge in [-0.3, -0.25) is 0 Å². The Balaban J connectivity index is 2.15. The molecule has 1 fully saturated rings. The number of azide groups is 1. The van der Waals surface area contributed by atoms with E-state index < -0.39 is 6.09 Å². The summed E-state index contributed by atoms with van der Waals surface area (Å²) in [5.41, 5.74) is 12.1. The molecular formula is C14H19N5O2. The van der Waals surface area contributed by atoms with Gasteiger partial charge in [-0.05, 0) is 18.4 Å². The average Bonchev–Trinajstić information content (AvgIpc) is 2.45. The van der Waals surface area contributed by atoms with Crippen LogP contribution in [0.3, 0.4) is 0 Å². The van der Waals surface area contributed by atoms with Crippen LogP contribution < -0.4 is 10.5 Å². The second-order valence-electron chi connectivity index (χ2n) is 5.52. The van der Waals surface area contributed by atoms with Crippen LogP contribution in [-0.4, -0.2) is 30.3 Å². The number of nitrogens with one attached hydrogen (secondary N) is 1. The van der Waals surface area contributed by atoms with Gasteiger partial charge in [0.25, 0.3) is 0 Å². The third kappa shape index (κ3) is 4.37. The van der Waals surface area contributed by atoms with Crippen LogP contribution in [-0.2, 0) is 6.54 Å². The van der Waals surface area contributed by atoms with E-state index in [4.69, 9.17) is 5.53 Å². The Morgan fingerprint density at radius 2 is 2.24 bits per heavy atom. The smallest absolute Gasteiger partial charge is 0.185 e. The van der Waals surface area contributed by atoms with Crippen molar-refractivity contribution < 1.29 is 14.5 Å². The van der Waals surface area contributed by atoms with E-state index in [2.05, 4.69) is 15.5 Å². The van der Waals surface area contributed by atoms with Crippen molar-refractivity contribution in [3.05, 3.63) is 46.3 Å². The van der Waals surface area contributed by atoms with Crippen LogP contribution >= 0.6 is 0 Å². The van der Waals surface area contributed by atoms with Crippen LogP contribution in [0.15, 0.2) is 35.4 Å². The lowest BCUT2D eigenvalue weighted by molar-refractivity contribution is -0.982. The van der Waals surface area contributed by atoms with Crippen molar-refractivity contribution in [3.63, 3.8) is 0 Å². The minimum Gasteiger partial charge on any atom is -0.526 e. The summed E-state index contributed by atoms with van der Waals surface area (Å²) in [6.45, 7) is 2.30. The predicted molar refractivity (Wildman–Crippen MR) is 75.4 cm³/mol. The summed E-state index contributed by atoms with van der Waals surface area (Å²) >= 11 is 0. The summed E-state index contributed by atoms with van der Waals surface area (Å²) in [7, 11) is 0. The zero-order valence-corrected chi connectivity index (χ0v) is 11.8. The van der Waals surface area contributed by atoms with Crippen molar-refractivity contribution in [2.24, 2.45) is 11.0 Å². The Morgan fingerprint density at radius 1 is 1.48 bits per heavy atom. The lowest BCUT2D eigenvalue weighted by atomic mass is 9.96. The molecule has 112 valence electrons. The molecule has 0 bridgehead atoms. The Morgan fingerprint density at radius 3 is 2.90 bits per heavy atom. The number of benzene rings is 1. The minimum atomic E-state index is -1.27. The monoisotopic (exact) mass is 289 g/mol. The normalized spacial score (nSPS) is 24.9. The Labute approximate surface area is 123 Å². The SMILES string of the molecule is [N-]=[N+]=NCC1CCC[N+](Cc2ccccc2)(NC(=O)[O-])C1. The molecule has 1 aliphatic heterocycles. The second kappa shape index (κ2) is 6.97. The topological polar surface area (TPSA) is 101 Å². The summed E-state index contributed by atoms with van der Waals surface area (Å²) < 4.78 is 0.234. The molecule has 1 heterocycles. The van der Waals surface area contributed by atoms with Crippen molar-refractivity contribution in [2.75, 3.05) is 19.6 Å². The Kier molecular flexibility index (Phi) is 5.03. The second-order valence-corrected chi connectivity index (χ2v) is 5.52. The number of nitrogens with zero attached hydrogens (tertiary/aromatic N) is 4. The molecule has 2 atom stereocenters. The molecule has 7 nitrogen and oxygen atoms in total. The molecule has 7 heteroatoms. The van der Waals surface area contributed by atoms with Crippen molar-refractivity contribution in [1.82, 2.24) is 5.43 Å². The van der Waals surface area contributed by atoms with Crippen molar-refractivity contribution in [1.29, 1.82) is 0 Å². The number of hydrogen-bond donors (Lipinski definition) is 1. The number of amides is 1. The molecule has 0 radical (unpaired) electrons. The van der Waals surface area contributed by atoms with E-state index in [0.29, 0.717) is 19.6 Å². The molecule has 2 unspecified atom stereocenters. The van der Waals surface area contributed by atoms with Gasteiger partial charge in [0, 0.05) is 22.9 Å². The van der Waals surface area contributed by atoms with Gasteiger partial charge in [-0.25, -0.2) is 10.0 Å². The van der Waals surface area contributed by atoms with Crippen molar-refractivity contribution in [3.8, 4) is 0 Å². The van der Waals surface area contributed by atoms with E-state index in [1.165, 1.54) is 0 Å². The van der Waals surface area contributed by atoms with Gasteiger partial charge in [0.1, 0.15) is 19.6 Å². The molecule has 1 aliphatic rings. The summed E-state index contributed by atoms with van der Waals surface area (Å²) in [6.07, 6.45) is 0.566. The van der Waals surface area contributed by atoms with Crippen molar-refractivity contribution in [2.45, 2.75) is 19.4 Å². The summed E-state index contributed by atoms with van der Waals surface area (Å²) in [5.74, 6) is 0.185. The largest absolute Gasteiger partial charge is 0.526 e. The van der Waals surface area contributed by atoms with Gasteiger partial charge in [0.15, 0.2) is 6.09 Å². The van der Waals surface area contributed by atoms with E-state index in [1.807, 2.05) is 30.3 Å². The first-order valence-electron chi connectivity index (χ1n) is 7.04. The fourth-order valence-electron chi connectivity index (χ4n) is 3.07. The number of rotatable bonds is 5. The van der Waals surface area contributed by atoms with Crippen LogP contribution in [0.25, 0.3) is 10.4 Å². The first kappa shape index (κ1) is 15.2. The summed E-state index contributed by atoms with van der Waals surface area (Å²) in [6, 6.07) is 9.77. The van der Waals surface area contributed by atoms with E-state index in [-0.39, 0.29) is 10.5 Å². The Hall–Kier alpha value is -2.24. The summed E-state index contributed by atoms with van der Waals surface area (Å²) in [5, 5.41) is 14.7. The van der Waals surface area contributed by atoms with E-state index in [0.717, 1.165) is 24.9 Å². The van der Waals surface area contributed by atoms with Crippen LogP contribution in [0.5, 0.6) is 0 Å². The molecule has 1 aromatic rings. The third-order valence-corrected chi connectivity index (χ3v) is 3.87. The number of likely N-dealkylation sites (tertiary alicyclic amines) is 1. The van der Waals surface area contributed by atoms with Gasteiger partial charge < -0.3 is 9.90 Å². The third-order valence-electron chi connectivity index (χ3n) is 3.87. The maximum atomic E-state index is 11.1.